The van der Waals surface area contributed by atoms with Crippen molar-refractivity contribution >= 4 is 49.7 Å². The molecule has 7 heteroatoms. The molecule has 0 aliphatic heterocycles. The fraction of sp³-hybridized carbons (Fsp3) is 0.286. The molecule has 0 heterocycles. The second-order valence-corrected chi connectivity index (χ2v) is 11.4. The summed E-state index contributed by atoms with van der Waals surface area (Å²) in [5.41, 5.74) is 0. The molecule has 0 unspecified atom stereocenters. The first-order valence-electron chi connectivity index (χ1n) is 5.76. The zero-order chi connectivity index (χ0) is 13.8. The minimum absolute atomic E-state index is 0. The van der Waals surface area contributed by atoms with Crippen LogP contribution in [0.5, 0.6) is 0 Å². The Kier molecular flexibility index (Phi) is 13.9. The van der Waals surface area contributed by atoms with Crippen LogP contribution in [-0.4, -0.2) is 26.7 Å². The van der Waals surface area contributed by atoms with Crippen LogP contribution in [0.2, 0.25) is 0 Å². The van der Waals surface area contributed by atoms with Gasteiger partial charge in [0.2, 0.25) is 0 Å². The Morgan fingerprint density at radius 1 is 0.762 bits per heavy atom. The monoisotopic (exact) mass is 402 g/mol. The third-order valence-corrected chi connectivity index (χ3v) is 5.62. The Morgan fingerprint density at radius 3 is 1.14 bits per heavy atom. The number of halogens is 2. The quantitative estimate of drug-likeness (QED) is 0.429. The Morgan fingerprint density at radius 2 is 1.05 bits per heavy atom. The molecule has 0 N–H and O–H groups in total. The van der Waals surface area contributed by atoms with E-state index in [1.807, 2.05) is 48.5 Å². The molecule has 0 aromatic heterocycles. The summed E-state index contributed by atoms with van der Waals surface area (Å²) in [5, 5.41) is 1.95. The Hall–Kier alpha value is 0.454. The standard InChI is InChI=1S/2C7H10OP.2ClH.Ti/c2*1-9(2,8)7-5-3-4-6-7;;;/h2*3-6H,1-2H3;2*1H;/q2*-1;;;+2. The van der Waals surface area contributed by atoms with Crippen molar-refractivity contribution in [3.63, 3.8) is 0 Å². The third kappa shape index (κ3) is 9.95. The maximum absolute atomic E-state index is 11.3. The van der Waals surface area contributed by atoms with E-state index in [0.29, 0.717) is 0 Å². The van der Waals surface area contributed by atoms with E-state index in [4.69, 9.17) is 0 Å². The van der Waals surface area contributed by atoms with E-state index in [0.717, 1.165) is 10.6 Å². The van der Waals surface area contributed by atoms with E-state index in [1.165, 1.54) is 0 Å². The fourth-order valence-corrected chi connectivity index (χ4v) is 3.23. The molecule has 0 saturated carbocycles. The summed E-state index contributed by atoms with van der Waals surface area (Å²) in [5.74, 6) is 0. The van der Waals surface area contributed by atoms with Gasteiger partial charge in [0.1, 0.15) is 0 Å². The average molecular weight is 403 g/mol. The van der Waals surface area contributed by atoms with Crippen molar-refractivity contribution in [1.82, 2.24) is 0 Å². The van der Waals surface area contributed by atoms with E-state index in [9.17, 15) is 9.13 Å². The summed E-state index contributed by atoms with van der Waals surface area (Å²) < 4.78 is 22.6. The van der Waals surface area contributed by atoms with Gasteiger partial charge in [-0.05, 0) is 26.7 Å². The molecule has 2 aromatic rings. The van der Waals surface area contributed by atoms with Gasteiger partial charge in [0, 0.05) is 0 Å². The Bertz CT molecular complexity index is 502. The molecule has 21 heavy (non-hydrogen) atoms. The maximum Gasteiger partial charge on any atom is 2.00 e. The predicted octanol–water partition coefficient (Wildman–Crippen LogP) is 4.15. The van der Waals surface area contributed by atoms with Gasteiger partial charge in [0.05, 0.1) is 14.3 Å². The molecular formula is C14H22Cl2O2P2Ti. The second kappa shape index (κ2) is 11.1. The van der Waals surface area contributed by atoms with Crippen molar-refractivity contribution < 1.29 is 30.8 Å². The first-order valence-corrected chi connectivity index (χ1v) is 11.0. The van der Waals surface area contributed by atoms with E-state index >= 15 is 0 Å². The Balaban J connectivity index is -0.000000270. The van der Waals surface area contributed by atoms with Crippen molar-refractivity contribution in [1.29, 1.82) is 0 Å². The molecular weight excluding hydrogens is 381 g/mol. The van der Waals surface area contributed by atoms with Gasteiger partial charge in [-0.2, -0.15) is 36.4 Å². The minimum Gasteiger partial charge on any atom is -0.333 e. The van der Waals surface area contributed by atoms with Crippen LogP contribution in [0.3, 0.4) is 0 Å². The first kappa shape index (κ1) is 26.4. The molecule has 0 aliphatic rings. The summed E-state index contributed by atoms with van der Waals surface area (Å²) in [6.07, 6.45) is 0. The molecule has 0 amide bonds. The van der Waals surface area contributed by atoms with Crippen molar-refractivity contribution in [3.8, 4) is 0 Å². The molecule has 0 fully saturated rings. The molecule has 0 spiro atoms. The molecule has 0 radical (unpaired) electrons. The summed E-state index contributed by atoms with van der Waals surface area (Å²) >= 11 is 0. The number of hydrogen-bond acceptors (Lipinski definition) is 2. The van der Waals surface area contributed by atoms with Gasteiger partial charge in [-0.3, -0.25) is 0 Å². The molecule has 0 atom stereocenters. The molecule has 118 valence electrons. The van der Waals surface area contributed by atoms with Crippen molar-refractivity contribution in [2.24, 2.45) is 0 Å². The minimum atomic E-state index is -1.97. The van der Waals surface area contributed by atoms with Gasteiger partial charge in [-0.15, -0.1) is 35.4 Å². The molecule has 2 rings (SSSR count). The predicted molar refractivity (Wildman–Crippen MR) is 96.7 cm³/mol. The van der Waals surface area contributed by atoms with Gasteiger partial charge in [-0.1, -0.05) is 0 Å². The van der Waals surface area contributed by atoms with Gasteiger partial charge in [0.25, 0.3) is 0 Å². The van der Waals surface area contributed by atoms with Gasteiger partial charge in [0.15, 0.2) is 0 Å². The zero-order valence-corrected chi connectivity index (χ0v) is 17.6. The summed E-state index contributed by atoms with van der Waals surface area (Å²) in [6.45, 7) is 7.12. The normalized spacial score (nSPS) is 10.1. The van der Waals surface area contributed by atoms with Crippen molar-refractivity contribution in [2.75, 3.05) is 26.7 Å². The van der Waals surface area contributed by atoms with Gasteiger partial charge < -0.3 is 9.13 Å². The van der Waals surface area contributed by atoms with Crippen LogP contribution in [0.1, 0.15) is 0 Å². The van der Waals surface area contributed by atoms with Crippen LogP contribution in [0.4, 0.5) is 0 Å². The molecule has 0 bridgehead atoms. The summed E-state index contributed by atoms with van der Waals surface area (Å²) in [7, 11) is -3.94. The summed E-state index contributed by atoms with van der Waals surface area (Å²) in [4.78, 5) is 0. The molecule has 2 nitrogen and oxygen atoms in total. The van der Waals surface area contributed by atoms with Crippen LogP contribution < -0.4 is 10.6 Å². The summed E-state index contributed by atoms with van der Waals surface area (Å²) in [6, 6.07) is 15.3. The van der Waals surface area contributed by atoms with Crippen LogP contribution in [-0.2, 0) is 30.8 Å². The maximum atomic E-state index is 11.3. The first-order chi connectivity index (χ1) is 8.21. The van der Waals surface area contributed by atoms with Gasteiger partial charge in [-0.25, -0.2) is 12.1 Å². The zero-order valence-electron chi connectivity index (χ0n) is 12.6. The second-order valence-electron chi connectivity index (χ2n) is 4.99. The van der Waals surface area contributed by atoms with Crippen molar-refractivity contribution in [2.45, 2.75) is 0 Å². The Labute approximate surface area is 155 Å². The van der Waals surface area contributed by atoms with E-state index in [-0.39, 0.29) is 46.5 Å². The fourth-order valence-electron chi connectivity index (χ4n) is 1.45. The third-order valence-electron chi connectivity index (χ3n) is 2.53. The van der Waals surface area contributed by atoms with Gasteiger partial charge >= 0.3 is 21.7 Å². The van der Waals surface area contributed by atoms with Crippen LogP contribution >= 0.6 is 39.1 Å². The van der Waals surface area contributed by atoms with E-state index in [2.05, 4.69) is 0 Å². The molecule has 0 aliphatic carbocycles. The average Bonchev–Trinajstić information content (AvgIpc) is 2.91. The van der Waals surface area contributed by atoms with Crippen LogP contribution in [0, 0.1) is 0 Å². The van der Waals surface area contributed by atoms with E-state index in [1.54, 1.807) is 26.7 Å². The number of hydrogen-bond donors (Lipinski definition) is 0. The van der Waals surface area contributed by atoms with E-state index < -0.39 is 14.3 Å². The SMILES string of the molecule is CP(C)(=O)c1cc[cH-]c1.CP(C)(=O)c1cc[cH-]c1.Cl.Cl.[Ti+2]. The van der Waals surface area contributed by atoms with Crippen molar-refractivity contribution in [3.05, 3.63) is 48.5 Å². The van der Waals surface area contributed by atoms with Crippen LogP contribution in [0.25, 0.3) is 0 Å². The van der Waals surface area contributed by atoms with Crippen LogP contribution in [0.15, 0.2) is 48.5 Å². The molecule has 0 saturated heterocycles. The number of rotatable bonds is 2. The molecule has 2 aromatic carbocycles. The smallest absolute Gasteiger partial charge is 0.333 e. The largest absolute Gasteiger partial charge is 2.00 e. The topological polar surface area (TPSA) is 34.1 Å².